The van der Waals surface area contributed by atoms with Gasteiger partial charge in [0, 0.05) is 0 Å². The van der Waals surface area contributed by atoms with Crippen molar-refractivity contribution < 1.29 is 15.0 Å². The molecular formula is C4H9NO3. The number of hydrogen-bond donors (Lipinski definition) is 3. The van der Waals surface area contributed by atoms with Gasteiger partial charge in [-0.25, -0.2) is 0 Å². The first-order valence-corrected chi connectivity index (χ1v) is 2.24. The van der Waals surface area contributed by atoms with Crippen LogP contribution in [0.3, 0.4) is 0 Å². The largest absolute Gasteiger partial charge is 0.366 e. The Morgan fingerprint density at radius 3 is 2.25 bits per heavy atom. The molecule has 0 aromatic heterocycles. The molecule has 0 aliphatic heterocycles. The molecule has 0 aromatic rings. The minimum absolute atomic E-state index is 0.421. The Bertz CT molecular complexity index is 73.7. The highest BCUT2D eigenvalue weighted by molar-refractivity contribution is 5.46. The van der Waals surface area contributed by atoms with E-state index in [0.717, 1.165) is 0 Å². The van der Waals surface area contributed by atoms with E-state index in [-0.39, 0.29) is 0 Å². The average Bonchev–Trinajstić information content (AvgIpc) is 1.67. The second kappa shape index (κ2) is 3.40. The van der Waals surface area contributed by atoms with Crippen LogP contribution in [-0.2, 0) is 4.79 Å². The van der Waals surface area contributed by atoms with Crippen molar-refractivity contribution in [3.05, 3.63) is 0 Å². The lowest BCUT2D eigenvalue weighted by atomic mass is 10.3. The highest BCUT2D eigenvalue weighted by Gasteiger charge is 2.06. The molecule has 4 heteroatoms. The molecule has 0 saturated carbocycles. The Morgan fingerprint density at radius 2 is 2.12 bits per heavy atom. The number of carbonyl (C=O) groups excluding carboxylic acids is 1. The molecular weight excluding hydrogens is 110 g/mol. The van der Waals surface area contributed by atoms with E-state index < -0.39 is 12.3 Å². The predicted molar refractivity (Wildman–Crippen MR) is 26.9 cm³/mol. The van der Waals surface area contributed by atoms with E-state index >= 15 is 0 Å². The second-order valence-corrected chi connectivity index (χ2v) is 1.49. The SMILES string of the molecule is C[C@H](NC=O)C(O)O. The normalized spacial score (nSPS) is 13.5. The van der Waals surface area contributed by atoms with Crippen molar-refractivity contribution in [1.29, 1.82) is 0 Å². The van der Waals surface area contributed by atoms with Gasteiger partial charge in [-0.1, -0.05) is 0 Å². The summed E-state index contributed by atoms with van der Waals surface area (Å²) in [6.07, 6.45) is -1.05. The fourth-order valence-corrected chi connectivity index (χ4v) is 0.193. The predicted octanol–water partition coefficient (Wildman–Crippen LogP) is -1.57. The van der Waals surface area contributed by atoms with Gasteiger partial charge in [0.15, 0.2) is 6.29 Å². The maximum atomic E-state index is 9.59. The second-order valence-electron chi connectivity index (χ2n) is 1.49. The molecule has 0 rings (SSSR count). The van der Waals surface area contributed by atoms with Crippen molar-refractivity contribution in [2.45, 2.75) is 19.3 Å². The minimum atomic E-state index is -1.47. The first-order chi connectivity index (χ1) is 3.68. The van der Waals surface area contributed by atoms with Crippen molar-refractivity contribution in [3.8, 4) is 0 Å². The Morgan fingerprint density at radius 1 is 1.62 bits per heavy atom. The van der Waals surface area contributed by atoms with Crippen LogP contribution in [0.2, 0.25) is 0 Å². The van der Waals surface area contributed by atoms with Crippen molar-refractivity contribution in [1.82, 2.24) is 5.32 Å². The summed E-state index contributed by atoms with van der Waals surface area (Å²) in [6, 6.07) is -0.590. The highest BCUT2D eigenvalue weighted by atomic mass is 16.5. The smallest absolute Gasteiger partial charge is 0.207 e. The zero-order valence-electron chi connectivity index (χ0n) is 4.53. The molecule has 0 fully saturated rings. The van der Waals surface area contributed by atoms with Crippen LogP contribution in [0, 0.1) is 0 Å². The summed E-state index contributed by atoms with van der Waals surface area (Å²) in [5.41, 5.74) is 0. The number of hydrogen-bond acceptors (Lipinski definition) is 3. The molecule has 1 atom stereocenters. The molecule has 0 unspecified atom stereocenters. The highest BCUT2D eigenvalue weighted by Crippen LogP contribution is 1.82. The summed E-state index contributed by atoms with van der Waals surface area (Å²) >= 11 is 0. The number of carbonyl (C=O) groups is 1. The summed E-state index contributed by atoms with van der Waals surface area (Å²) in [5, 5.41) is 18.7. The molecule has 4 nitrogen and oxygen atoms in total. The van der Waals surface area contributed by atoms with Crippen LogP contribution in [0.15, 0.2) is 0 Å². The Labute approximate surface area is 47.1 Å². The molecule has 0 spiro atoms. The van der Waals surface area contributed by atoms with Gasteiger partial charge in [0.2, 0.25) is 6.41 Å². The fraction of sp³-hybridized carbons (Fsp3) is 0.750. The van der Waals surface area contributed by atoms with E-state index in [4.69, 9.17) is 10.2 Å². The molecule has 0 radical (unpaired) electrons. The van der Waals surface area contributed by atoms with E-state index in [0.29, 0.717) is 6.41 Å². The van der Waals surface area contributed by atoms with Crippen LogP contribution in [0.5, 0.6) is 0 Å². The third-order valence-corrected chi connectivity index (χ3v) is 0.778. The van der Waals surface area contributed by atoms with Crippen LogP contribution < -0.4 is 5.32 Å². The summed E-state index contributed by atoms with van der Waals surface area (Å²) in [6.45, 7) is 1.49. The van der Waals surface area contributed by atoms with Crippen LogP contribution in [0.4, 0.5) is 0 Å². The Kier molecular flexibility index (Phi) is 3.14. The number of aliphatic hydroxyl groups excluding tert-OH is 1. The van der Waals surface area contributed by atoms with Gasteiger partial charge in [-0.2, -0.15) is 0 Å². The van der Waals surface area contributed by atoms with Gasteiger partial charge in [0.25, 0.3) is 0 Å². The monoisotopic (exact) mass is 119 g/mol. The first-order valence-electron chi connectivity index (χ1n) is 2.24. The van der Waals surface area contributed by atoms with Crippen LogP contribution in [0.1, 0.15) is 6.92 Å². The molecule has 3 N–H and O–H groups in total. The average molecular weight is 119 g/mol. The molecule has 48 valence electrons. The van der Waals surface area contributed by atoms with E-state index in [1.807, 2.05) is 0 Å². The first kappa shape index (κ1) is 7.39. The van der Waals surface area contributed by atoms with E-state index in [1.54, 1.807) is 0 Å². The molecule has 0 aliphatic carbocycles. The molecule has 0 aliphatic rings. The van der Waals surface area contributed by atoms with Gasteiger partial charge in [-0.3, -0.25) is 4.79 Å². The number of aliphatic hydroxyl groups is 2. The molecule has 0 aromatic carbocycles. The van der Waals surface area contributed by atoms with Crippen molar-refractivity contribution in [3.63, 3.8) is 0 Å². The zero-order chi connectivity index (χ0) is 6.57. The van der Waals surface area contributed by atoms with E-state index in [9.17, 15) is 4.79 Å². The molecule has 0 heterocycles. The molecule has 0 bridgehead atoms. The molecule has 1 amide bonds. The maximum Gasteiger partial charge on any atom is 0.207 e. The van der Waals surface area contributed by atoms with E-state index in [1.165, 1.54) is 6.92 Å². The fourth-order valence-electron chi connectivity index (χ4n) is 0.193. The van der Waals surface area contributed by atoms with Gasteiger partial charge < -0.3 is 15.5 Å². The van der Waals surface area contributed by atoms with E-state index in [2.05, 4.69) is 5.32 Å². The van der Waals surface area contributed by atoms with Gasteiger partial charge in [-0.05, 0) is 6.92 Å². The summed E-state index contributed by atoms with van der Waals surface area (Å²) < 4.78 is 0. The van der Waals surface area contributed by atoms with Gasteiger partial charge in [0.1, 0.15) is 0 Å². The molecule has 0 saturated heterocycles. The molecule has 8 heavy (non-hydrogen) atoms. The van der Waals surface area contributed by atoms with Gasteiger partial charge in [-0.15, -0.1) is 0 Å². The summed E-state index contributed by atoms with van der Waals surface area (Å²) in [4.78, 5) is 9.59. The third-order valence-electron chi connectivity index (χ3n) is 0.778. The lowest BCUT2D eigenvalue weighted by Gasteiger charge is -2.10. The van der Waals surface area contributed by atoms with Crippen molar-refractivity contribution in [2.24, 2.45) is 0 Å². The standard InChI is InChI=1S/C4H9NO3/c1-3(4(7)8)5-2-6/h2-4,7-8H,1H3,(H,5,6)/t3-/m0/s1. The Hall–Kier alpha value is -0.610. The summed E-state index contributed by atoms with van der Waals surface area (Å²) in [5.74, 6) is 0. The van der Waals surface area contributed by atoms with Crippen molar-refractivity contribution in [2.75, 3.05) is 0 Å². The summed E-state index contributed by atoms with van der Waals surface area (Å²) in [7, 11) is 0. The van der Waals surface area contributed by atoms with Crippen LogP contribution >= 0.6 is 0 Å². The lowest BCUT2D eigenvalue weighted by Crippen LogP contribution is -2.35. The van der Waals surface area contributed by atoms with Crippen LogP contribution in [-0.4, -0.2) is 29.0 Å². The third kappa shape index (κ3) is 2.54. The van der Waals surface area contributed by atoms with Crippen molar-refractivity contribution >= 4 is 6.41 Å². The van der Waals surface area contributed by atoms with Gasteiger partial charge >= 0.3 is 0 Å². The maximum absolute atomic E-state index is 9.59. The minimum Gasteiger partial charge on any atom is -0.366 e. The topological polar surface area (TPSA) is 69.6 Å². The van der Waals surface area contributed by atoms with Gasteiger partial charge in [0.05, 0.1) is 6.04 Å². The quantitative estimate of drug-likeness (QED) is 0.310. The Balaban J connectivity index is 3.30. The zero-order valence-corrected chi connectivity index (χ0v) is 4.53. The lowest BCUT2D eigenvalue weighted by molar-refractivity contribution is -0.114. The number of amides is 1. The van der Waals surface area contributed by atoms with Crippen LogP contribution in [0.25, 0.3) is 0 Å². The number of nitrogens with one attached hydrogen (secondary N) is 1. The number of rotatable bonds is 3.